The number of rotatable bonds is 5. The molecule has 0 bridgehead atoms. The van der Waals surface area contributed by atoms with E-state index in [-0.39, 0.29) is 0 Å². The van der Waals surface area contributed by atoms with Gasteiger partial charge in [0, 0.05) is 19.6 Å². The second-order valence-electron chi connectivity index (χ2n) is 4.39. The number of hydrogen-bond donors (Lipinski definition) is 0. The molecule has 1 aliphatic heterocycles. The Morgan fingerprint density at radius 3 is 2.50 bits per heavy atom. The highest BCUT2D eigenvalue weighted by Gasteiger charge is 2.25. The van der Waals surface area contributed by atoms with Crippen molar-refractivity contribution in [2.24, 2.45) is 11.8 Å². The van der Waals surface area contributed by atoms with Crippen LogP contribution in [-0.2, 0) is 0 Å². The average Bonchev–Trinajstić information content (AvgIpc) is 2.00. The van der Waals surface area contributed by atoms with Crippen molar-refractivity contribution in [1.82, 2.24) is 4.90 Å². The summed E-state index contributed by atoms with van der Waals surface area (Å²) in [7, 11) is 0. The maximum absolute atomic E-state index is 2.61. The predicted molar refractivity (Wildman–Crippen MR) is 54.3 cm³/mol. The summed E-state index contributed by atoms with van der Waals surface area (Å²) in [6, 6.07) is 0. The third-order valence-corrected chi connectivity index (χ3v) is 3.00. The van der Waals surface area contributed by atoms with Crippen LogP contribution in [0.4, 0.5) is 0 Å². The second kappa shape index (κ2) is 4.86. The molecule has 1 saturated heterocycles. The smallest absolute Gasteiger partial charge is 0.00221 e. The van der Waals surface area contributed by atoms with Crippen LogP contribution in [0, 0.1) is 11.8 Å². The molecule has 1 fully saturated rings. The largest absolute Gasteiger partial charge is 0.302 e. The van der Waals surface area contributed by atoms with E-state index < -0.39 is 0 Å². The lowest BCUT2D eigenvalue weighted by molar-refractivity contribution is 0.0778. The van der Waals surface area contributed by atoms with Gasteiger partial charge in [0.15, 0.2) is 0 Å². The molecule has 0 N–H and O–H groups in total. The molecule has 1 heteroatoms. The molecule has 0 aromatic heterocycles. The molecule has 0 saturated carbocycles. The van der Waals surface area contributed by atoms with Crippen LogP contribution in [0.15, 0.2) is 0 Å². The van der Waals surface area contributed by atoms with Gasteiger partial charge in [0.1, 0.15) is 0 Å². The molecule has 0 aliphatic carbocycles. The van der Waals surface area contributed by atoms with Gasteiger partial charge in [-0.1, -0.05) is 33.6 Å². The average molecular weight is 169 g/mol. The highest BCUT2D eigenvalue weighted by Crippen LogP contribution is 2.21. The molecular weight excluding hydrogens is 146 g/mol. The Morgan fingerprint density at radius 1 is 1.33 bits per heavy atom. The van der Waals surface area contributed by atoms with Crippen LogP contribution in [0.1, 0.15) is 40.0 Å². The monoisotopic (exact) mass is 169 g/mol. The minimum Gasteiger partial charge on any atom is -0.302 e. The zero-order valence-electron chi connectivity index (χ0n) is 8.84. The molecule has 0 radical (unpaired) electrons. The van der Waals surface area contributed by atoms with Crippen LogP contribution in [0.3, 0.4) is 0 Å². The van der Waals surface area contributed by atoms with E-state index in [0.29, 0.717) is 0 Å². The highest BCUT2D eigenvalue weighted by molar-refractivity contribution is 4.79. The third-order valence-electron chi connectivity index (χ3n) is 3.00. The highest BCUT2D eigenvalue weighted by atomic mass is 15.2. The molecule has 1 heterocycles. The Bertz CT molecular complexity index is 116. The quantitative estimate of drug-likeness (QED) is 0.611. The van der Waals surface area contributed by atoms with Crippen LogP contribution < -0.4 is 0 Å². The molecule has 0 aromatic rings. The summed E-state index contributed by atoms with van der Waals surface area (Å²) in [5, 5.41) is 0. The van der Waals surface area contributed by atoms with Crippen molar-refractivity contribution >= 4 is 0 Å². The topological polar surface area (TPSA) is 3.24 Å². The summed E-state index contributed by atoms with van der Waals surface area (Å²) >= 11 is 0. The fourth-order valence-corrected chi connectivity index (χ4v) is 1.99. The first-order chi connectivity index (χ1) is 5.76. The molecule has 1 unspecified atom stereocenters. The van der Waals surface area contributed by atoms with Gasteiger partial charge < -0.3 is 4.90 Å². The van der Waals surface area contributed by atoms with Crippen molar-refractivity contribution in [3.8, 4) is 0 Å². The summed E-state index contributed by atoms with van der Waals surface area (Å²) < 4.78 is 0. The molecule has 1 aliphatic rings. The Kier molecular flexibility index (Phi) is 4.07. The summed E-state index contributed by atoms with van der Waals surface area (Å²) in [4.78, 5) is 2.61. The summed E-state index contributed by atoms with van der Waals surface area (Å²) in [5.74, 6) is 1.92. The Morgan fingerprint density at radius 2 is 2.00 bits per heavy atom. The Hall–Kier alpha value is -0.0400. The minimum absolute atomic E-state index is 0.896. The van der Waals surface area contributed by atoms with E-state index in [4.69, 9.17) is 0 Å². The maximum Gasteiger partial charge on any atom is 0.00221 e. The first-order valence-corrected chi connectivity index (χ1v) is 5.48. The standard InChI is InChI=1S/C11H23N/c1-4-6-11-8-12(9-11)7-10(3)5-2/h10-11H,4-9H2,1-3H3. The zero-order valence-corrected chi connectivity index (χ0v) is 8.84. The van der Waals surface area contributed by atoms with E-state index in [1.54, 1.807) is 0 Å². The zero-order chi connectivity index (χ0) is 8.97. The van der Waals surface area contributed by atoms with Crippen molar-refractivity contribution in [3.63, 3.8) is 0 Å². The lowest BCUT2D eigenvalue weighted by Crippen LogP contribution is -2.48. The SMILES string of the molecule is CCCC1CN(CC(C)CC)C1. The van der Waals surface area contributed by atoms with Crippen molar-refractivity contribution in [2.45, 2.75) is 40.0 Å². The van der Waals surface area contributed by atoms with E-state index in [1.807, 2.05) is 0 Å². The van der Waals surface area contributed by atoms with Crippen molar-refractivity contribution in [2.75, 3.05) is 19.6 Å². The molecule has 0 aromatic carbocycles. The molecular formula is C11H23N. The second-order valence-corrected chi connectivity index (χ2v) is 4.39. The minimum atomic E-state index is 0.896. The van der Waals surface area contributed by atoms with Gasteiger partial charge in [-0.05, 0) is 18.3 Å². The molecule has 1 rings (SSSR count). The van der Waals surface area contributed by atoms with Crippen LogP contribution >= 0.6 is 0 Å². The lowest BCUT2D eigenvalue weighted by atomic mass is 9.93. The van der Waals surface area contributed by atoms with Crippen molar-refractivity contribution in [3.05, 3.63) is 0 Å². The summed E-state index contributed by atoms with van der Waals surface area (Å²) in [6.45, 7) is 11.0. The fourth-order valence-electron chi connectivity index (χ4n) is 1.99. The van der Waals surface area contributed by atoms with E-state index in [0.717, 1.165) is 11.8 Å². The Balaban J connectivity index is 2.01. The van der Waals surface area contributed by atoms with Crippen LogP contribution in [0.2, 0.25) is 0 Å². The summed E-state index contributed by atoms with van der Waals surface area (Å²) in [5.41, 5.74) is 0. The molecule has 12 heavy (non-hydrogen) atoms. The van der Waals surface area contributed by atoms with E-state index in [9.17, 15) is 0 Å². The van der Waals surface area contributed by atoms with Crippen LogP contribution in [0.5, 0.6) is 0 Å². The van der Waals surface area contributed by atoms with E-state index in [1.165, 1.54) is 38.9 Å². The van der Waals surface area contributed by atoms with E-state index >= 15 is 0 Å². The Labute approximate surface area is 77.1 Å². The van der Waals surface area contributed by atoms with Crippen molar-refractivity contribution in [1.29, 1.82) is 0 Å². The molecule has 1 atom stereocenters. The van der Waals surface area contributed by atoms with E-state index in [2.05, 4.69) is 25.7 Å². The number of likely N-dealkylation sites (tertiary alicyclic amines) is 1. The number of nitrogens with zero attached hydrogens (tertiary/aromatic N) is 1. The third kappa shape index (κ3) is 2.78. The molecule has 72 valence electrons. The normalized spacial score (nSPS) is 22.2. The van der Waals surface area contributed by atoms with Gasteiger partial charge >= 0.3 is 0 Å². The maximum atomic E-state index is 2.61. The van der Waals surface area contributed by atoms with Gasteiger partial charge in [-0.25, -0.2) is 0 Å². The van der Waals surface area contributed by atoms with Gasteiger partial charge in [-0.3, -0.25) is 0 Å². The van der Waals surface area contributed by atoms with Crippen molar-refractivity contribution < 1.29 is 0 Å². The van der Waals surface area contributed by atoms with Gasteiger partial charge in [0.25, 0.3) is 0 Å². The molecule has 0 amide bonds. The van der Waals surface area contributed by atoms with Gasteiger partial charge in [0.05, 0.1) is 0 Å². The summed E-state index contributed by atoms with van der Waals surface area (Å²) in [6.07, 6.45) is 4.13. The van der Waals surface area contributed by atoms with Crippen LogP contribution in [0.25, 0.3) is 0 Å². The van der Waals surface area contributed by atoms with Crippen LogP contribution in [-0.4, -0.2) is 24.5 Å². The number of hydrogen-bond acceptors (Lipinski definition) is 1. The lowest BCUT2D eigenvalue weighted by Gasteiger charge is -2.40. The molecule has 1 nitrogen and oxygen atoms in total. The molecule has 0 spiro atoms. The van der Waals surface area contributed by atoms with Gasteiger partial charge in [0.2, 0.25) is 0 Å². The fraction of sp³-hybridized carbons (Fsp3) is 1.00. The van der Waals surface area contributed by atoms with Gasteiger partial charge in [-0.2, -0.15) is 0 Å². The predicted octanol–water partition coefficient (Wildman–Crippen LogP) is 2.76. The first kappa shape index (κ1) is 10.0. The first-order valence-electron chi connectivity index (χ1n) is 5.48. The van der Waals surface area contributed by atoms with Gasteiger partial charge in [-0.15, -0.1) is 0 Å².